The minimum absolute atomic E-state index is 0.206. The van der Waals surface area contributed by atoms with Crippen LogP contribution in [0.4, 0.5) is 0 Å². The molecular formula is C13H26N2. The van der Waals surface area contributed by atoms with Gasteiger partial charge >= 0.3 is 0 Å². The zero-order valence-corrected chi connectivity index (χ0v) is 10.0. The van der Waals surface area contributed by atoms with E-state index >= 15 is 0 Å². The first-order valence-corrected chi connectivity index (χ1v) is 6.80. The van der Waals surface area contributed by atoms with E-state index in [0.29, 0.717) is 0 Å². The number of hydrogen-bond acceptors (Lipinski definition) is 2. The van der Waals surface area contributed by atoms with Gasteiger partial charge in [-0.05, 0) is 58.2 Å². The van der Waals surface area contributed by atoms with Gasteiger partial charge < -0.3 is 10.6 Å². The lowest BCUT2D eigenvalue weighted by molar-refractivity contribution is 0.249. The predicted octanol–water partition coefficient (Wildman–Crippen LogP) is 2.52. The van der Waals surface area contributed by atoms with Gasteiger partial charge in [0.15, 0.2) is 0 Å². The quantitative estimate of drug-likeness (QED) is 0.772. The Morgan fingerprint density at radius 2 is 1.60 bits per heavy atom. The Labute approximate surface area is 94.2 Å². The summed E-state index contributed by atoms with van der Waals surface area (Å²) in [5.74, 6) is 0. The maximum absolute atomic E-state index is 6.43. The van der Waals surface area contributed by atoms with Crippen molar-refractivity contribution in [1.82, 2.24) is 4.90 Å². The SMILES string of the molecule is NC1(CCCN2CCCC2)CCCCC1. The van der Waals surface area contributed by atoms with Gasteiger partial charge in [-0.3, -0.25) is 0 Å². The summed E-state index contributed by atoms with van der Waals surface area (Å²) in [6.07, 6.45) is 12.1. The standard InChI is InChI=1S/C13H26N2/c14-13(7-2-1-3-8-13)9-6-12-15-10-4-5-11-15/h1-12,14H2. The van der Waals surface area contributed by atoms with Crippen LogP contribution in [0.1, 0.15) is 57.8 Å². The highest BCUT2D eigenvalue weighted by Crippen LogP contribution is 2.29. The lowest BCUT2D eigenvalue weighted by Gasteiger charge is -2.34. The molecule has 0 unspecified atom stereocenters. The predicted molar refractivity (Wildman–Crippen MR) is 64.9 cm³/mol. The fraction of sp³-hybridized carbons (Fsp3) is 1.00. The van der Waals surface area contributed by atoms with Gasteiger partial charge in [0, 0.05) is 5.54 Å². The van der Waals surface area contributed by atoms with Crippen molar-refractivity contribution in [3.05, 3.63) is 0 Å². The molecule has 2 rings (SSSR count). The van der Waals surface area contributed by atoms with Gasteiger partial charge in [0.1, 0.15) is 0 Å². The van der Waals surface area contributed by atoms with Gasteiger partial charge in [-0.1, -0.05) is 19.3 Å². The van der Waals surface area contributed by atoms with E-state index in [1.165, 1.54) is 77.4 Å². The second-order valence-corrected chi connectivity index (χ2v) is 5.58. The van der Waals surface area contributed by atoms with Crippen molar-refractivity contribution in [3.63, 3.8) is 0 Å². The van der Waals surface area contributed by atoms with Crippen molar-refractivity contribution in [2.45, 2.75) is 63.3 Å². The van der Waals surface area contributed by atoms with E-state index in [9.17, 15) is 0 Å². The molecule has 88 valence electrons. The van der Waals surface area contributed by atoms with Crippen molar-refractivity contribution in [2.75, 3.05) is 19.6 Å². The highest BCUT2D eigenvalue weighted by molar-refractivity contribution is 4.87. The first kappa shape index (κ1) is 11.4. The summed E-state index contributed by atoms with van der Waals surface area (Å²) in [7, 11) is 0. The molecule has 1 aliphatic carbocycles. The van der Waals surface area contributed by atoms with E-state index in [1.807, 2.05) is 0 Å². The van der Waals surface area contributed by atoms with Crippen LogP contribution in [0.15, 0.2) is 0 Å². The average molecular weight is 210 g/mol. The van der Waals surface area contributed by atoms with Crippen LogP contribution in [0.5, 0.6) is 0 Å². The highest BCUT2D eigenvalue weighted by Gasteiger charge is 2.26. The van der Waals surface area contributed by atoms with Crippen LogP contribution >= 0.6 is 0 Å². The molecule has 2 heteroatoms. The maximum Gasteiger partial charge on any atom is 0.0154 e. The molecule has 0 amide bonds. The van der Waals surface area contributed by atoms with E-state index in [-0.39, 0.29) is 5.54 Å². The Kier molecular flexibility index (Phi) is 4.04. The minimum Gasteiger partial charge on any atom is -0.325 e. The summed E-state index contributed by atoms with van der Waals surface area (Å²) in [5.41, 5.74) is 6.63. The Morgan fingerprint density at radius 1 is 0.933 bits per heavy atom. The van der Waals surface area contributed by atoms with E-state index in [4.69, 9.17) is 5.73 Å². The second kappa shape index (κ2) is 5.31. The molecule has 0 spiro atoms. The number of likely N-dealkylation sites (tertiary alicyclic amines) is 1. The van der Waals surface area contributed by atoms with Crippen molar-refractivity contribution < 1.29 is 0 Å². The van der Waals surface area contributed by atoms with Gasteiger partial charge in [0.05, 0.1) is 0 Å². The molecule has 0 aromatic rings. The Balaban J connectivity index is 1.63. The molecule has 0 atom stereocenters. The van der Waals surface area contributed by atoms with Gasteiger partial charge in [-0.25, -0.2) is 0 Å². The zero-order valence-electron chi connectivity index (χ0n) is 10.0. The molecule has 15 heavy (non-hydrogen) atoms. The number of nitrogens with two attached hydrogens (primary N) is 1. The summed E-state index contributed by atoms with van der Waals surface area (Å²) < 4.78 is 0. The van der Waals surface area contributed by atoms with Crippen LogP contribution in [0.25, 0.3) is 0 Å². The first-order valence-electron chi connectivity index (χ1n) is 6.80. The summed E-state index contributed by atoms with van der Waals surface area (Å²) in [4.78, 5) is 2.60. The van der Waals surface area contributed by atoms with Gasteiger partial charge in [0.2, 0.25) is 0 Å². The van der Waals surface area contributed by atoms with Crippen molar-refractivity contribution in [2.24, 2.45) is 5.73 Å². The second-order valence-electron chi connectivity index (χ2n) is 5.58. The monoisotopic (exact) mass is 210 g/mol. The molecular weight excluding hydrogens is 184 g/mol. The average Bonchev–Trinajstić information content (AvgIpc) is 2.71. The van der Waals surface area contributed by atoms with Crippen LogP contribution in [0, 0.1) is 0 Å². The van der Waals surface area contributed by atoms with Crippen LogP contribution in [-0.4, -0.2) is 30.1 Å². The van der Waals surface area contributed by atoms with E-state index in [2.05, 4.69) is 4.90 Å². The molecule has 2 nitrogen and oxygen atoms in total. The fourth-order valence-corrected chi connectivity index (χ4v) is 3.17. The van der Waals surface area contributed by atoms with Crippen LogP contribution in [0.3, 0.4) is 0 Å². The molecule has 2 aliphatic rings. The summed E-state index contributed by atoms with van der Waals surface area (Å²) in [6, 6.07) is 0. The number of hydrogen-bond donors (Lipinski definition) is 1. The molecule has 2 N–H and O–H groups in total. The third-order valence-electron chi connectivity index (χ3n) is 4.20. The molecule has 0 bridgehead atoms. The van der Waals surface area contributed by atoms with Gasteiger partial charge in [-0.15, -0.1) is 0 Å². The molecule has 1 saturated carbocycles. The molecule has 1 saturated heterocycles. The van der Waals surface area contributed by atoms with Gasteiger partial charge in [0.25, 0.3) is 0 Å². The number of nitrogens with zero attached hydrogens (tertiary/aromatic N) is 1. The lowest BCUT2D eigenvalue weighted by Crippen LogP contribution is -2.42. The first-order chi connectivity index (χ1) is 7.29. The minimum atomic E-state index is 0.206. The summed E-state index contributed by atoms with van der Waals surface area (Å²) >= 11 is 0. The normalized spacial score (nSPS) is 27.0. The van der Waals surface area contributed by atoms with Crippen molar-refractivity contribution in [3.8, 4) is 0 Å². The number of rotatable bonds is 4. The van der Waals surface area contributed by atoms with Gasteiger partial charge in [-0.2, -0.15) is 0 Å². The van der Waals surface area contributed by atoms with Crippen LogP contribution < -0.4 is 5.73 Å². The topological polar surface area (TPSA) is 29.3 Å². The third kappa shape index (κ3) is 3.46. The third-order valence-corrected chi connectivity index (χ3v) is 4.20. The largest absolute Gasteiger partial charge is 0.325 e. The van der Waals surface area contributed by atoms with Crippen LogP contribution in [0.2, 0.25) is 0 Å². The highest BCUT2D eigenvalue weighted by atomic mass is 15.1. The van der Waals surface area contributed by atoms with E-state index in [1.54, 1.807) is 0 Å². The molecule has 1 aliphatic heterocycles. The van der Waals surface area contributed by atoms with E-state index in [0.717, 1.165) is 0 Å². The summed E-state index contributed by atoms with van der Waals surface area (Å²) in [5, 5.41) is 0. The van der Waals surface area contributed by atoms with E-state index < -0.39 is 0 Å². The van der Waals surface area contributed by atoms with Crippen LogP contribution in [-0.2, 0) is 0 Å². The fourth-order valence-electron chi connectivity index (χ4n) is 3.17. The van der Waals surface area contributed by atoms with Crippen molar-refractivity contribution >= 4 is 0 Å². The molecule has 2 fully saturated rings. The maximum atomic E-state index is 6.43. The Bertz CT molecular complexity index is 179. The zero-order chi connectivity index (χ0) is 10.6. The Morgan fingerprint density at radius 3 is 2.27 bits per heavy atom. The Hall–Kier alpha value is -0.0800. The lowest BCUT2D eigenvalue weighted by atomic mass is 9.79. The molecule has 0 aromatic carbocycles. The smallest absolute Gasteiger partial charge is 0.0154 e. The molecule has 0 aromatic heterocycles. The summed E-state index contributed by atoms with van der Waals surface area (Å²) in [6.45, 7) is 3.95. The molecule has 0 radical (unpaired) electrons. The molecule has 1 heterocycles. The van der Waals surface area contributed by atoms with Crippen molar-refractivity contribution in [1.29, 1.82) is 0 Å².